The minimum atomic E-state index is -4.25. The van der Waals surface area contributed by atoms with Gasteiger partial charge in [-0.15, -0.1) is 0 Å². The maximum Gasteiger partial charge on any atom is 0.280 e. The van der Waals surface area contributed by atoms with Crippen LogP contribution in [-0.2, 0) is 10.0 Å². The lowest BCUT2D eigenvalue weighted by Gasteiger charge is -2.11. The molecule has 0 atom stereocenters. The van der Waals surface area contributed by atoms with E-state index in [1.165, 1.54) is 6.92 Å². The summed E-state index contributed by atoms with van der Waals surface area (Å²) in [6, 6.07) is 8.55. The van der Waals surface area contributed by atoms with E-state index in [-0.39, 0.29) is 18.7 Å². The topological polar surface area (TPSA) is 195 Å². The zero-order valence-electron chi connectivity index (χ0n) is 18.0. The third kappa shape index (κ3) is 5.96. The molecule has 14 nitrogen and oxygen atoms in total. The molecule has 0 radical (unpaired) electrons. The van der Waals surface area contributed by atoms with Gasteiger partial charge in [0.15, 0.2) is 0 Å². The number of rotatable bonds is 10. The highest BCUT2D eigenvalue weighted by molar-refractivity contribution is 7.89. The fraction of sp³-hybridized carbons (Fsp3) is 0.211. The summed E-state index contributed by atoms with van der Waals surface area (Å²) in [6.07, 6.45) is 1.62. The molecule has 0 bridgehead atoms. The van der Waals surface area contributed by atoms with Gasteiger partial charge in [-0.3, -0.25) is 20.2 Å². The third-order valence-corrected chi connectivity index (χ3v) is 5.95. The number of benzene rings is 1. The summed E-state index contributed by atoms with van der Waals surface area (Å²) >= 11 is 0. The van der Waals surface area contributed by atoms with E-state index in [0.29, 0.717) is 23.3 Å². The number of hydrogen-bond acceptors (Lipinski definition) is 11. The molecule has 0 aliphatic rings. The molecule has 0 saturated heterocycles. The Morgan fingerprint density at radius 3 is 2.15 bits per heavy atom. The molecule has 2 heterocycles. The van der Waals surface area contributed by atoms with Crippen LogP contribution in [0.25, 0.3) is 0 Å². The number of hydrogen-bond donors (Lipinski definition) is 3. The second-order valence-corrected chi connectivity index (χ2v) is 8.72. The molecule has 178 valence electrons. The lowest BCUT2D eigenvalue weighted by Crippen LogP contribution is -2.29. The minimum Gasteiger partial charge on any atom is -0.369 e. The van der Waals surface area contributed by atoms with Gasteiger partial charge in [-0.2, -0.15) is 0 Å². The fourth-order valence-electron chi connectivity index (χ4n) is 2.94. The first-order chi connectivity index (χ1) is 16.1. The fourth-order valence-corrected chi connectivity index (χ4v) is 4.01. The number of aryl methyl sites for hydroxylation is 1. The molecule has 3 N–H and O–H groups in total. The Hall–Kier alpha value is -4.24. The molecule has 0 spiro atoms. The first-order valence-corrected chi connectivity index (χ1v) is 11.3. The summed E-state index contributed by atoms with van der Waals surface area (Å²) in [4.78, 5) is 32.7. The van der Waals surface area contributed by atoms with Gasteiger partial charge in [-0.05, 0) is 26.0 Å². The lowest BCUT2D eigenvalue weighted by atomic mass is 10.1. The van der Waals surface area contributed by atoms with Crippen molar-refractivity contribution >= 4 is 38.9 Å². The van der Waals surface area contributed by atoms with Crippen molar-refractivity contribution in [2.75, 3.05) is 23.7 Å². The zero-order chi connectivity index (χ0) is 24.9. The zero-order valence-corrected chi connectivity index (χ0v) is 18.9. The van der Waals surface area contributed by atoms with E-state index in [1.54, 1.807) is 31.3 Å². The normalized spacial score (nSPS) is 11.1. The van der Waals surface area contributed by atoms with Crippen molar-refractivity contribution in [2.24, 2.45) is 0 Å². The molecule has 0 aliphatic heterocycles. The number of pyridine rings is 1. The Kier molecular flexibility index (Phi) is 7.28. The maximum atomic E-state index is 12.6. The summed E-state index contributed by atoms with van der Waals surface area (Å²) in [7, 11) is -4.25. The summed E-state index contributed by atoms with van der Waals surface area (Å²) in [5.41, 5.74) is -1.54. The number of nitrogens with one attached hydrogen (secondary N) is 3. The van der Waals surface area contributed by atoms with Gasteiger partial charge in [0.2, 0.25) is 10.0 Å². The predicted octanol–water partition coefficient (Wildman–Crippen LogP) is 2.44. The molecular formula is C19H20N8O6S. The Morgan fingerprint density at radius 2 is 1.56 bits per heavy atom. The van der Waals surface area contributed by atoms with Crippen LogP contribution in [0.1, 0.15) is 11.4 Å². The van der Waals surface area contributed by atoms with E-state index >= 15 is 0 Å². The van der Waals surface area contributed by atoms with Crippen LogP contribution in [-0.4, -0.2) is 46.3 Å². The smallest absolute Gasteiger partial charge is 0.280 e. The van der Waals surface area contributed by atoms with Crippen molar-refractivity contribution in [1.29, 1.82) is 0 Å². The summed E-state index contributed by atoms with van der Waals surface area (Å²) in [5.74, 6) is 1.95. The van der Waals surface area contributed by atoms with Crippen molar-refractivity contribution in [1.82, 2.24) is 19.7 Å². The van der Waals surface area contributed by atoms with E-state index in [0.717, 1.165) is 12.1 Å². The molecule has 0 unspecified atom stereocenters. The van der Waals surface area contributed by atoms with Crippen molar-refractivity contribution in [3.05, 3.63) is 74.2 Å². The summed E-state index contributed by atoms with van der Waals surface area (Å²) in [6.45, 7) is 2.86. The van der Waals surface area contributed by atoms with Crippen LogP contribution in [0.5, 0.6) is 0 Å². The quantitative estimate of drug-likeness (QED) is 0.215. The average molecular weight is 488 g/mol. The molecule has 3 aromatic rings. The molecular weight excluding hydrogens is 468 g/mol. The predicted molar refractivity (Wildman–Crippen MR) is 122 cm³/mol. The van der Waals surface area contributed by atoms with Crippen LogP contribution in [0, 0.1) is 34.1 Å². The Bertz CT molecular complexity index is 1300. The molecule has 1 aromatic carbocycles. The first-order valence-electron chi connectivity index (χ1n) is 9.77. The summed E-state index contributed by atoms with van der Waals surface area (Å²) in [5, 5.41) is 28.4. The second kappa shape index (κ2) is 10.1. The van der Waals surface area contributed by atoms with Gasteiger partial charge in [0.1, 0.15) is 28.8 Å². The van der Waals surface area contributed by atoms with Crippen LogP contribution >= 0.6 is 0 Å². The number of nitrogens with zero attached hydrogens (tertiary/aromatic N) is 5. The van der Waals surface area contributed by atoms with Crippen molar-refractivity contribution in [3.63, 3.8) is 0 Å². The van der Waals surface area contributed by atoms with Gasteiger partial charge < -0.3 is 10.6 Å². The largest absolute Gasteiger partial charge is 0.369 e. The number of aromatic nitrogens is 3. The van der Waals surface area contributed by atoms with Crippen LogP contribution < -0.4 is 15.4 Å². The number of nitro groups is 2. The standard InChI is InChI=1S/C19H20N8O6S/c1-12-15(26(28)29)9-14(10-16(12)27(30)31)34(32,33)22-8-7-21-18-11-19(24-13(2)23-18)25-17-5-3-4-6-20-17/h3-6,9-11,22H,7-8H2,1-2H3,(H2,20,21,23,24,25). The molecule has 3 rings (SSSR count). The highest BCUT2D eigenvalue weighted by Crippen LogP contribution is 2.31. The number of sulfonamides is 1. The van der Waals surface area contributed by atoms with Gasteiger partial charge >= 0.3 is 0 Å². The molecule has 0 saturated carbocycles. The SMILES string of the molecule is Cc1nc(NCCNS(=O)(=O)c2cc([N+](=O)[O-])c(C)c([N+](=O)[O-])c2)cc(Nc2ccccn2)n1. The molecule has 2 aromatic heterocycles. The Balaban J connectivity index is 1.68. The molecule has 0 amide bonds. The van der Waals surface area contributed by atoms with Crippen molar-refractivity contribution in [2.45, 2.75) is 18.7 Å². The van der Waals surface area contributed by atoms with Crippen LogP contribution in [0.2, 0.25) is 0 Å². The first kappa shape index (κ1) is 24.4. The lowest BCUT2D eigenvalue weighted by molar-refractivity contribution is -0.395. The van der Waals surface area contributed by atoms with Crippen LogP contribution in [0.4, 0.5) is 28.8 Å². The van der Waals surface area contributed by atoms with Gasteiger partial charge in [-0.1, -0.05) is 6.07 Å². The van der Waals surface area contributed by atoms with E-state index in [2.05, 4.69) is 30.3 Å². The van der Waals surface area contributed by atoms with Gasteiger partial charge in [0.05, 0.1) is 14.7 Å². The third-order valence-electron chi connectivity index (χ3n) is 4.51. The van der Waals surface area contributed by atoms with Crippen molar-refractivity contribution in [3.8, 4) is 0 Å². The van der Waals surface area contributed by atoms with Crippen molar-refractivity contribution < 1.29 is 18.3 Å². The highest BCUT2D eigenvalue weighted by atomic mass is 32.2. The molecule has 15 heteroatoms. The van der Waals surface area contributed by atoms with E-state index in [9.17, 15) is 28.6 Å². The average Bonchev–Trinajstić information content (AvgIpc) is 2.76. The monoisotopic (exact) mass is 488 g/mol. The number of nitro benzene ring substituents is 2. The Labute approximate surface area is 193 Å². The van der Waals surface area contributed by atoms with Gasteiger partial charge in [0.25, 0.3) is 11.4 Å². The van der Waals surface area contributed by atoms with E-state index in [1.807, 2.05) is 6.07 Å². The molecule has 34 heavy (non-hydrogen) atoms. The molecule has 0 fully saturated rings. The van der Waals surface area contributed by atoms with Crippen LogP contribution in [0.3, 0.4) is 0 Å². The number of anilines is 3. The van der Waals surface area contributed by atoms with Crippen LogP contribution in [0.15, 0.2) is 47.5 Å². The molecule has 0 aliphatic carbocycles. The highest BCUT2D eigenvalue weighted by Gasteiger charge is 2.27. The Morgan fingerprint density at radius 1 is 0.912 bits per heavy atom. The minimum absolute atomic E-state index is 0.106. The van der Waals surface area contributed by atoms with Gasteiger partial charge in [0, 0.05) is 37.5 Å². The maximum absolute atomic E-state index is 12.6. The van der Waals surface area contributed by atoms with E-state index in [4.69, 9.17) is 0 Å². The summed E-state index contributed by atoms with van der Waals surface area (Å²) < 4.78 is 27.4. The van der Waals surface area contributed by atoms with Gasteiger partial charge in [-0.25, -0.2) is 28.1 Å². The van der Waals surface area contributed by atoms with E-state index < -0.39 is 36.1 Å². The second-order valence-electron chi connectivity index (χ2n) is 6.95.